The number of carboxylic acid groups (broad SMARTS) is 1. The Morgan fingerprint density at radius 2 is 2.06 bits per heavy atom. The summed E-state index contributed by atoms with van der Waals surface area (Å²) in [4.78, 5) is 12.7. The fourth-order valence-electron chi connectivity index (χ4n) is 2.19. The van der Waals surface area contributed by atoms with Crippen LogP contribution >= 0.6 is 15.9 Å². The van der Waals surface area contributed by atoms with Crippen molar-refractivity contribution in [2.75, 3.05) is 19.7 Å². The number of ether oxygens (including phenoxy) is 1. The van der Waals surface area contributed by atoms with E-state index in [9.17, 15) is 4.79 Å². The maximum absolute atomic E-state index is 10.4. The van der Waals surface area contributed by atoms with Crippen LogP contribution in [0.25, 0.3) is 0 Å². The fraction of sp³-hybridized carbons (Fsp3) is 0.462. The van der Waals surface area contributed by atoms with E-state index in [-0.39, 0.29) is 12.2 Å². The highest BCUT2D eigenvalue weighted by Gasteiger charge is 2.39. The first-order valence-corrected chi connectivity index (χ1v) is 6.59. The van der Waals surface area contributed by atoms with Gasteiger partial charge in [0.1, 0.15) is 6.61 Å². The van der Waals surface area contributed by atoms with E-state index in [4.69, 9.17) is 9.84 Å². The molecule has 0 aliphatic carbocycles. The molecule has 1 aromatic rings. The van der Waals surface area contributed by atoms with Crippen molar-refractivity contribution >= 4 is 21.9 Å². The maximum Gasteiger partial charge on any atom is 0.329 e. The second-order valence-electron chi connectivity index (χ2n) is 4.90. The Morgan fingerprint density at radius 3 is 2.61 bits per heavy atom. The van der Waals surface area contributed by atoms with Gasteiger partial charge in [0.25, 0.3) is 0 Å². The molecule has 0 unspecified atom stereocenters. The molecule has 0 aromatic heterocycles. The molecular formula is C13H16BrNO3. The van der Waals surface area contributed by atoms with Crippen molar-refractivity contribution in [3.8, 4) is 0 Å². The average molecular weight is 314 g/mol. The SMILES string of the molecule is CC1(OCC(=O)O)CN(Cc2ccc(Br)cc2)C1. The zero-order chi connectivity index (χ0) is 13.2. The third-order valence-corrected chi connectivity index (χ3v) is 3.51. The molecule has 2 rings (SSSR count). The van der Waals surface area contributed by atoms with Crippen LogP contribution < -0.4 is 0 Å². The Balaban J connectivity index is 1.78. The van der Waals surface area contributed by atoms with E-state index >= 15 is 0 Å². The van der Waals surface area contributed by atoms with Crippen LogP contribution in [0, 0.1) is 0 Å². The van der Waals surface area contributed by atoms with Crippen LogP contribution in [-0.2, 0) is 16.1 Å². The highest BCUT2D eigenvalue weighted by molar-refractivity contribution is 9.10. The van der Waals surface area contributed by atoms with Crippen molar-refractivity contribution in [2.24, 2.45) is 0 Å². The Morgan fingerprint density at radius 1 is 1.44 bits per heavy atom. The van der Waals surface area contributed by atoms with E-state index in [1.165, 1.54) is 5.56 Å². The third-order valence-electron chi connectivity index (χ3n) is 2.98. The van der Waals surface area contributed by atoms with E-state index in [2.05, 4.69) is 33.0 Å². The van der Waals surface area contributed by atoms with Gasteiger partial charge in [-0.2, -0.15) is 0 Å². The molecule has 1 aliphatic rings. The Kier molecular flexibility index (Phi) is 4.04. The maximum atomic E-state index is 10.4. The van der Waals surface area contributed by atoms with Gasteiger partial charge in [0.05, 0.1) is 5.60 Å². The minimum absolute atomic E-state index is 0.220. The van der Waals surface area contributed by atoms with Crippen LogP contribution in [-0.4, -0.2) is 41.3 Å². The molecule has 98 valence electrons. The third kappa shape index (κ3) is 3.54. The molecule has 18 heavy (non-hydrogen) atoms. The van der Waals surface area contributed by atoms with Crippen molar-refractivity contribution in [2.45, 2.75) is 19.1 Å². The van der Waals surface area contributed by atoms with Crippen LogP contribution in [0.4, 0.5) is 0 Å². The number of aliphatic carboxylic acids is 1. The number of likely N-dealkylation sites (tertiary alicyclic amines) is 1. The van der Waals surface area contributed by atoms with Crippen LogP contribution in [0.3, 0.4) is 0 Å². The number of carbonyl (C=O) groups is 1. The number of hydrogen-bond acceptors (Lipinski definition) is 3. The van der Waals surface area contributed by atoms with E-state index in [0.29, 0.717) is 0 Å². The normalized spacial score (nSPS) is 18.3. The lowest BCUT2D eigenvalue weighted by Gasteiger charge is -2.47. The molecule has 1 N–H and O–H groups in total. The minimum Gasteiger partial charge on any atom is -0.480 e. The molecule has 1 aromatic carbocycles. The lowest BCUT2D eigenvalue weighted by molar-refractivity contribution is -0.165. The summed E-state index contributed by atoms with van der Waals surface area (Å²) in [7, 11) is 0. The zero-order valence-corrected chi connectivity index (χ0v) is 11.8. The first-order valence-electron chi connectivity index (χ1n) is 5.79. The lowest BCUT2D eigenvalue weighted by Crippen LogP contribution is -2.61. The van der Waals surface area contributed by atoms with Gasteiger partial charge in [-0.15, -0.1) is 0 Å². The molecule has 5 heteroatoms. The summed E-state index contributed by atoms with van der Waals surface area (Å²) in [6.07, 6.45) is 0. The monoisotopic (exact) mass is 313 g/mol. The average Bonchev–Trinajstić information content (AvgIpc) is 2.27. The van der Waals surface area contributed by atoms with Gasteiger partial charge in [-0.05, 0) is 24.6 Å². The van der Waals surface area contributed by atoms with Crippen molar-refractivity contribution in [1.29, 1.82) is 0 Å². The molecule has 0 atom stereocenters. The van der Waals surface area contributed by atoms with Crippen molar-refractivity contribution in [1.82, 2.24) is 4.90 Å². The highest BCUT2D eigenvalue weighted by Crippen LogP contribution is 2.26. The number of halogens is 1. The molecular weight excluding hydrogens is 298 g/mol. The highest BCUT2D eigenvalue weighted by atomic mass is 79.9. The molecule has 1 saturated heterocycles. The van der Waals surface area contributed by atoms with Gasteiger partial charge in [-0.3, -0.25) is 4.90 Å². The van der Waals surface area contributed by atoms with E-state index in [0.717, 1.165) is 24.1 Å². The van der Waals surface area contributed by atoms with Crippen molar-refractivity contribution in [3.63, 3.8) is 0 Å². The summed E-state index contributed by atoms with van der Waals surface area (Å²) in [5, 5.41) is 8.58. The van der Waals surface area contributed by atoms with Gasteiger partial charge in [0.15, 0.2) is 0 Å². The van der Waals surface area contributed by atoms with E-state index < -0.39 is 5.97 Å². The Labute approximate surface area is 115 Å². The summed E-state index contributed by atoms with van der Waals surface area (Å²) in [6, 6.07) is 8.21. The molecule has 1 fully saturated rings. The topological polar surface area (TPSA) is 49.8 Å². The van der Waals surface area contributed by atoms with Gasteiger partial charge in [-0.1, -0.05) is 28.1 Å². The van der Waals surface area contributed by atoms with Crippen LogP contribution in [0.1, 0.15) is 12.5 Å². The zero-order valence-electron chi connectivity index (χ0n) is 10.2. The Bertz CT molecular complexity index is 426. The van der Waals surface area contributed by atoms with Gasteiger partial charge in [0.2, 0.25) is 0 Å². The molecule has 1 heterocycles. The predicted molar refractivity (Wildman–Crippen MR) is 71.4 cm³/mol. The Hall–Kier alpha value is -0.910. The number of carboxylic acids is 1. The summed E-state index contributed by atoms with van der Waals surface area (Å²) in [5.74, 6) is -0.914. The van der Waals surface area contributed by atoms with Gasteiger partial charge >= 0.3 is 5.97 Å². The second kappa shape index (κ2) is 5.38. The molecule has 1 aliphatic heterocycles. The largest absolute Gasteiger partial charge is 0.480 e. The van der Waals surface area contributed by atoms with E-state index in [1.54, 1.807) is 0 Å². The van der Waals surface area contributed by atoms with Crippen LogP contribution in [0.2, 0.25) is 0 Å². The molecule has 0 amide bonds. The van der Waals surface area contributed by atoms with Gasteiger partial charge in [-0.25, -0.2) is 4.79 Å². The van der Waals surface area contributed by atoms with Crippen LogP contribution in [0.5, 0.6) is 0 Å². The van der Waals surface area contributed by atoms with Crippen molar-refractivity contribution < 1.29 is 14.6 Å². The van der Waals surface area contributed by atoms with Gasteiger partial charge < -0.3 is 9.84 Å². The van der Waals surface area contributed by atoms with Crippen LogP contribution in [0.15, 0.2) is 28.7 Å². The lowest BCUT2D eigenvalue weighted by atomic mass is 9.95. The summed E-state index contributed by atoms with van der Waals surface area (Å²) >= 11 is 3.41. The number of hydrogen-bond donors (Lipinski definition) is 1. The summed E-state index contributed by atoms with van der Waals surface area (Å²) in [6.45, 7) is 4.16. The smallest absolute Gasteiger partial charge is 0.329 e. The minimum atomic E-state index is -0.914. The predicted octanol–water partition coefficient (Wildman–Crippen LogP) is 2.12. The first kappa shape index (κ1) is 13.5. The van der Waals surface area contributed by atoms with E-state index in [1.807, 2.05) is 19.1 Å². The quantitative estimate of drug-likeness (QED) is 0.904. The summed E-state index contributed by atoms with van der Waals surface area (Å²) < 4.78 is 6.44. The molecule has 0 spiro atoms. The second-order valence-corrected chi connectivity index (χ2v) is 5.82. The van der Waals surface area contributed by atoms with Crippen molar-refractivity contribution in [3.05, 3.63) is 34.3 Å². The number of nitrogens with zero attached hydrogens (tertiary/aromatic N) is 1. The first-order chi connectivity index (χ1) is 8.47. The van der Waals surface area contributed by atoms with Gasteiger partial charge in [0, 0.05) is 24.1 Å². The molecule has 0 bridgehead atoms. The standard InChI is InChI=1S/C13H16BrNO3/c1-13(18-7-12(16)17)8-15(9-13)6-10-2-4-11(14)5-3-10/h2-5H,6-9H2,1H3,(H,16,17). The molecule has 0 radical (unpaired) electrons. The summed E-state index contributed by atoms with van der Waals surface area (Å²) in [5.41, 5.74) is 0.937. The fourth-order valence-corrected chi connectivity index (χ4v) is 2.45. The molecule has 0 saturated carbocycles. The molecule has 4 nitrogen and oxygen atoms in total. The number of benzene rings is 1. The number of rotatable bonds is 5.